The highest BCUT2D eigenvalue weighted by Gasteiger charge is 2.20. The summed E-state index contributed by atoms with van der Waals surface area (Å²) in [6.45, 7) is 0.233. The van der Waals surface area contributed by atoms with Gasteiger partial charge in [0.05, 0.1) is 5.75 Å². The first-order valence-corrected chi connectivity index (χ1v) is 11.8. The van der Waals surface area contributed by atoms with Crippen LogP contribution in [0, 0.1) is 0 Å². The second kappa shape index (κ2) is 10.7. The van der Waals surface area contributed by atoms with E-state index in [9.17, 15) is 4.79 Å². The molecule has 0 atom stereocenters. The molecule has 0 aliphatic heterocycles. The monoisotopic (exact) mass is 457 g/mol. The number of nitrogens with zero attached hydrogens (tertiary/aromatic N) is 3. The Morgan fingerprint density at radius 2 is 1.77 bits per heavy atom. The molecule has 0 unspecified atom stereocenters. The van der Waals surface area contributed by atoms with Crippen LogP contribution in [0.25, 0.3) is 5.69 Å². The summed E-state index contributed by atoms with van der Waals surface area (Å²) < 4.78 is 13.4. The highest BCUT2D eigenvalue weighted by atomic mass is 35.5. The number of aromatic nitrogens is 3. The topological polar surface area (TPSA) is 66.2 Å². The number of esters is 1. The quantitative estimate of drug-likeness (QED) is 0.330. The fourth-order valence-electron chi connectivity index (χ4n) is 3.53. The van der Waals surface area contributed by atoms with E-state index in [4.69, 9.17) is 21.1 Å². The average Bonchev–Trinajstić information content (AvgIpc) is 3.21. The van der Waals surface area contributed by atoms with Crippen molar-refractivity contribution in [2.24, 2.45) is 0 Å². The van der Waals surface area contributed by atoms with Gasteiger partial charge in [-0.3, -0.25) is 9.36 Å². The zero-order valence-electron chi connectivity index (χ0n) is 17.1. The van der Waals surface area contributed by atoms with E-state index in [2.05, 4.69) is 10.2 Å². The van der Waals surface area contributed by atoms with E-state index in [0.29, 0.717) is 21.8 Å². The maximum atomic E-state index is 12.3. The van der Waals surface area contributed by atoms with Gasteiger partial charge in [0.1, 0.15) is 18.5 Å². The number of rotatable bonds is 8. The molecule has 1 heterocycles. The van der Waals surface area contributed by atoms with Crippen LogP contribution < -0.4 is 4.74 Å². The molecule has 6 nitrogen and oxygen atoms in total. The number of carbonyl (C=O) groups is 1. The van der Waals surface area contributed by atoms with Gasteiger partial charge in [0.15, 0.2) is 11.0 Å². The SMILES string of the molecule is O=C(CSc1nnc(COc2ccc(Cl)cc2)n1-c1ccccc1)OC1CCCCC1. The molecule has 1 saturated carbocycles. The lowest BCUT2D eigenvalue weighted by molar-refractivity contribution is -0.147. The lowest BCUT2D eigenvalue weighted by Gasteiger charge is -2.21. The van der Waals surface area contributed by atoms with E-state index in [1.807, 2.05) is 47.0 Å². The molecular formula is C23H24ClN3O3S. The highest BCUT2D eigenvalue weighted by Crippen LogP contribution is 2.25. The molecule has 0 spiro atoms. The highest BCUT2D eigenvalue weighted by molar-refractivity contribution is 7.99. The van der Waals surface area contributed by atoms with Crippen molar-refractivity contribution in [3.8, 4) is 11.4 Å². The van der Waals surface area contributed by atoms with Crippen molar-refractivity contribution in [1.29, 1.82) is 0 Å². The standard InChI is InChI=1S/C23H24ClN3O3S/c24-17-11-13-19(14-12-17)29-15-21-25-26-23(27(21)18-7-3-1-4-8-18)31-16-22(28)30-20-9-5-2-6-10-20/h1,3-4,7-8,11-14,20H,2,5-6,9-10,15-16H2. The van der Waals surface area contributed by atoms with Gasteiger partial charge in [-0.1, -0.05) is 48.0 Å². The minimum atomic E-state index is -0.210. The van der Waals surface area contributed by atoms with Crippen molar-refractivity contribution >= 4 is 29.3 Å². The van der Waals surface area contributed by atoms with Crippen molar-refractivity contribution in [3.63, 3.8) is 0 Å². The second-order valence-electron chi connectivity index (χ2n) is 7.35. The van der Waals surface area contributed by atoms with Gasteiger partial charge in [-0.25, -0.2) is 0 Å². The number of hydrogen-bond acceptors (Lipinski definition) is 6. The van der Waals surface area contributed by atoms with E-state index in [1.165, 1.54) is 18.2 Å². The van der Waals surface area contributed by atoms with Crippen LogP contribution in [0.15, 0.2) is 59.8 Å². The van der Waals surface area contributed by atoms with Gasteiger partial charge in [0.2, 0.25) is 0 Å². The summed E-state index contributed by atoms with van der Waals surface area (Å²) in [5.41, 5.74) is 0.908. The number of hydrogen-bond donors (Lipinski definition) is 0. The molecule has 2 aromatic carbocycles. The summed E-state index contributed by atoms with van der Waals surface area (Å²) in [6.07, 6.45) is 5.46. The van der Waals surface area contributed by atoms with Crippen molar-refractivity contribution < 1.29 is 14.3 Å². The molecular weight excluding hydrogens is 434 g/mol. The zero-order valence-corrected chi connectivity index (χ0v) is 18.6. The van der Waals surface area contributed by atoms with Crippen LogP contribution in [0.5, 0.6) is 5.75 Å². The van der Waals surface area contributed by atoms with E-state index in [0.717, 1.165) is 31.4 Å². The van der Waals surface area contributed by atoms with E-state index in [1.54, 1.807) is 12.1 Å². The van der Waals surface area contributed by atoms with Crippen molar-refractivity contribution in [1.82, 2.24) is 14.8 Å². The molecule has 0 radical (unpaired) electrons. The van der Waals surface area contributed by atoms with Crippen molar-refractivity contribution in [3.05, 3.63) is 65.4 Å². The van der Waals surface area contributed by atoms with Gasteiger partial charge in [-0.15, -0.1) is 10.2 Å². The fourth-order valence-corrected chi connectivity index (χ4v) is 4.41. The Morgan fingerprint density at radius 3 is 2.52 bits per heavy atom. The van der Waals surface area contributed by atoms with E-state index < -0.39 is 0 Å². The van der Waals surface area contributed by atoms with Gasteiger partial charge >= 0.3 is 5.97 Å². The van der Waals surface area contributed by atoms with E-state index in [-0.39, 0.29) is 24.4 Å². The van der Waals surface area contributed by atoms with Crippen LogP contribution in [0.3, 0.4) is 0 Å². The third-order valence-corrected chi connectivity index (χ3v) is 6.22. The first-order chi connectivity index (χ1) is 15.2. The number of halogens is 1. The fraction of sp³-hybridized carbons (Fsp3) is 0.348. The van der Waals surface area contributed by atoms with Crippen LogP contribution in [0.1, 0.15) is 37.9 Å². The summed E-state index contributed by atoms with van der Waals surface area (Å²) in [4.78, 5) is 12.3. The van der Waals surface area contributed by atoms with Crippen LogP contribution >= 0.6 is 23.4 Å². The first kappa shape index (κ1) is 21.7. The number of para-hydroxylation sites is 1. The summed E-state index contributed by atoms with van der Waals surface area (Å²) >= 11 is 7.26. The Balaban J connectivity index is 1.45. The molecule has 162 valence electrons. The smallest absolute Gasteiger partial charge is 0.316 e. The van der Waals surface area contributed by atoms with Crippen LogP contribution in [-0.4, -0.2) is 32.6 Å². The largest absolute Gasteiger partial charge is 0.486 e. The predicted octanol–water partition coefficient (Wildman–Crippen LogP) is 5.47. The van der Waals surface area contributed by atoms with Gasteiger partial charge in [-0.2, -0.15) is 0 Å². The lowest BCUT2D eigenvalue weighted by Crippen LogP contribution is -2.22. The molecule has 3 aromatic rings. The Morgan fingerprint density at radius 1 is 1.03 bits per heavy atom. The number of thioether (sulfide) groups is 1. The maximum absolute atomic E-state index is 12.3. The molecule has 1 aliphatic carbocycles. The first-order valence-electron chi connectivity index (χ1n) is 10.4. The normalized spacial score (nSPS) is 14.4. The minimum absolute atomic E-state index is 0.0529. The third-order valence-electron chi connectivity index (χ3n) is 5.07. The van der Waals surface area contributed by atoms with Gasteiger partial charge < -0.3 is 9.47 Å². The summed E-state index contributed by atoms with van der Waals surface area (Å²) in [6, 6.07) is 17.0. The Bertz CT molecular complexity index is 989. The molecule has 0 saturated heterocycles. The predicted molar refractivity (Wildman–Crippen MR) is 121 cm³/mol. The molecule has 4 rings (SSSR count). The average molecular weight is 458 g/mol. The van der Waals surface area contributed by atoms with Crippen LogP contribution in [0.2, 0.25) is 5.02 Å². The molecule has 8 heteroatoms. The Labute approximate surface area is 190 Å². The lowest BCUT2D eigenvalue weighted by atomic mass is 9.98. The van der Waals surface area contributed by atoms with Crippen molar-refractivity contribution in [2.75, 3.05) is 5.75 Å². The zero-order chi connectivity index (χ0) is 21.5. The van der Waals surface area contributed by atoms with Gasteiger partial charge in [-0.05, 0) is 62.1 Å². The molecule has 1 aliphatic rings. The minimum Gasteiger partial charge on any atom is -0.486 e. The number of carbonyl (C=O) groups excluding carboxylic acids is 1. The third kappa shape index (κ3) is 6.02. The van der Waals surface area contributed by atoms with Crippen molar-refractivity contribution in [2.45, 2.75) is 50.0 Å². The molecule has 1 fully saturated rings. The molecule has 1 aromatic heterocycles. The number of benzene rings is 2. The van der Waals surface area contributed by atoms with Crippen LogP contribution in [-0.2, 0) is 16.1 Å². The molecule has 0 bridgehead atoms. The van der Waals surface area contributed by atoms with Gasteiger partial charge in [0.25, 0.3) is 0 Å². The summed E-state index contributed by atoms with van der Waals surface area (Å²) in [5.74, 6) is 1.32. The Hall–Kier alpha value is -2.51. The van der Waals surface area contributed by atoms with E-state index >= 15 is 0 Å². The second-order valence-corrected chi connectivity index (χ2v) is 8.73. The molecule has 0 amide bonds. The van der Waals surface area contributed by atoms with Crippen LogP contribution in [0.4, 0.5) is 0 Å². The summed E-state index contributed by atoms with van der Waals surface area (Å²) in [5, 5.41) is 9.89. The summed E-state index contributed by atoms with van der Waals surface area (Å²) in [7, 11) is 0. The Kier molecular flexibility index (Phi) is 7.48. The molecule has 0 N–H and O–H groups in total. The molecule has 31 heavy (non-hydrogen) atoms. The maximum Gasteiger partial charge on any atom is 0.316 e. The van der Waals surface area contributed by atoms with Gasteiger partial charge in [0, 0.05) is 10.7 Å². The number of ether oxygens (including phenoxy) is 2.